The third-order valence-electron chi connectivity index (χ3n) is 3.71. The summed E-state index contributed by atoms with van der Waals surface area (Å²) >= 11 is 0. The van der Waals surface area contributed by atoms with Crippen LogP contribution in [0, 0.1) is 6.92 Å². The topological polar surface area (TPSA) is 56.2 Å². The van der Waals surface area contributed by atoms with Crippen molar-refractivity contribution in [1.29, 1.82) is 0 Å². The van der Waals surface area contributed by atoms with Gasteiger partial charge < -0.3 is 0 Å². The summed E-state index contributed by atoms with van der Waals surface area (Å²) < 4.78 is 52.4. The molecule has 0 unspecified atom stereocenters. The maximum absolute atomic E-state index is 13.1. The molecule has 1 N–H and O–H groups in total. The molecule has 0 aliphatic rings. The molecule has 0 saturated carbocycles. The van der Waals surface area contributed by atoms with Crippen molar-refractivity contribution >= 4 is 16.7 Å². The van der Waals surface area contributed by atoms with Crippen LogP contribution in [-0.2, 0) is 11.2 Å². The number of anilines is 1. The molecule has 0 amide bonds. The van der Waals surface area contributed by atoms with Gasteiger partial charge in [0, 0.05) is 5.39 Å². The highest BCUT2D eigenvalue weighted by Gasteiger charge is 2.31. The first-order chi connectivity index (χ1) is 11.8. The SMILES string of the molecule is Cc1ccccc1-n1c(=O)nc(NOF)c2ccc(C(F)(F)F)cc21. The summed E-state index contributed by atoms with van der Waals surface area (Å²) in [5.41, 5.74) is 0.904. The van der Waals surface area contributed by atoms with Crippen molar-refractivity contribution in [3.63, 3.8) is 0 Å². The van der Waals surface area contributed by atoms with Crippen LogP contribution >= 0.6 is 0 Å². The number of alkyl halides is 3. The highest BCUT2D eigenvalue weighted by Crippen LogP contribution is 2.33. The van der Waals surface area contributed by atoms with Crippen molar-refractivity contribution in [2.45, 2.75) is 13.1 Å². The van der Waals surface area contributed by atoms with Crippen molar-refractivity contribution in [2.75, 3.05) is 5.48 Å². The molecule has 0 aliphatic carbocycles. The molecule has 0 fully saturated rings. The van der Waals surface area contributed by atoms with E-state index in [0.717, 1.165) is 22.8 Å². The molecule has 0 radical (unpaired) electrons. The van der Waals surface area contributed by atoms with Crippen LogP contribution in [0.1, 0.15) is 11.1 Å². The zero-order valence-corrected chi connectivity index (χ0v) is 12.8. The molecular weight excluding hydrogens is 342 g/mol. The Morgan fingerprint density at radius 2 is 1.88 bits per heavy atom. The van der Waals surface area contributed by atoms with Crippen LogP contribution < -0.4 is 11.2 Å². The Kier molecular flexibility index (Phi) is 4.17. The molecule has 3 aromatic rings. The molecule has 1 heterocycles. The minimum Gasteiger partial charge on any atom is -0.260 e. The molecule has 3 rings (SSSR count). The number of halogens is 4. The Morgan fingerprint density at radius 1 is 1.16 bits per heavy atom. The molecule has 130 valence electrons. The molecule has 1 aromatic heterocycles. The van der Waals surface area contributed by atoms with E-state index in [1.807, 2.05) is 0 Å². The minimum absolute atomic E-state index is 0.0799. The molecule has 0 atom stereocenters. The third kappa shape index (κ3) is 3.05. The second-order valence-corrected chi connectivity index (χ2v) is 5.27. The van der Waals surface area contributed by atoms with Gasteiger partial charge in [0.15, 0.2) is 5.82 Å². The normalized spacial score (nSPS) is 11.7. The van der Waals surface area contributed by atoms with E-state index in [0.29, 0.717) is 11.3 Å². The molecule has 0 saturated heterocycles. The van der Waals surface area contributed by atoms with Crippen molar-refractivity contribution in [3.8, 4) is 5.69 Å². The van der Waals surface area contributed by atoms with Crippen molar-refractivity contribution in [3.05, 3.63) is 64.1 Å². The molecule has 5 nitrogen and oxygen atoms in total. The van der Waals surface area contributed by atoms with Crippen LogP contribution in [0.5, 0.6) is 0 Å². The third-order valence-corrected chi connectivity index (χ3v) is 3.71. The first kappa shape index (κ1) is 16.9. The lowest BCUT2D eigenvalue weighted by Gasteiger charge is -2.15. The Hall–Kier alpha value is -2.94. The van der Waals surface area contributed by atoms with Crippen LogP contribution in [0.2, 0.25) is 0 Å². The predicted octanol–water partition coefficient (Wildman–Crippen LogP) is 3.94. The number of aryl methyl sites for hydroxylation is 1. The van der Waals surface area contributed by atoms with Crippen molar-refractivity contribution in [1.82, 2.24) is 9.55 Å². The summed E-state index contributed by atoms with van der Waals surface area (Å²) in [5.74, 6) is -0.318. The molecule has 0 spiro atoms. The molecule has 0 bridgehead atoms. The maximum Gasteiger partial charge on any atom is 0.416 e. The van der Waals surface area contributed by atoms with Crippen LogP contribution in [-0.4, -0.2) is 9.55 Å². The van der Waals surface area contributed by atoms with Gasteiger partial charge in [0.25, 0.3) is 0 Å². The Morgan fingerprint density at radius 3 is 2.52 bits per heavy atom. The van der Waals surface area contributed by atoms with Crippen LogP contribution in [0.3, 0.4) is 0 Å². The number of para-hydroxylation sites is 1. The fourth-order valence-electron chi connectivity index (χ4n) is 2.56. The summed E-state index contributed by atoms with van der Waals surface area (Å²) in [6, 6.07) is 9.39. The lowest BCUT2D eigenvalue weighted by atomic mass is 10.1. The smallest absolute Gasteiger partial charge is 0.260 e. The second-order valence-electron chi connectivity index (χ2n) is 5.27. The van der Waals surface area contributed by atoms with Gasteiger partial charge in [-0.2, -0.15) is 18.2 Å². The summed E-state index contributed by atoms with van der Waals surface area (Å²) in [6.07, 6.45) is -4.60. The lowest BCUT2D eigenvalue weighted by Crippen LogP contribution is -2.24. The van der Waals surface area contributed by atoms with Gasteiger partial charge in [0.1, 0.15) is 0 Å². The quantitative estimate of drug-likeness (QED) is 0.572. The number of benzene rings is 2. The first-order valence-electron chi connectivity index (χ1n) is 7.06. The minimum atomic E-state index is -4.60. The van der Waals surface area contributed by atoms with Gasteiger partial charge in [-0.15, -0.1) is 0 Å². The van der Waals surface area contributed by atoms with E-state index in [9.17, 15) is 22.5 Å². The monoisotopic (exact) mass is 353 g/mol. The van der Waals surface area contributed by atoms with E-state index in [4.69, 9.17) is 0 Å². The van der Waals surface area contributed by atoms with Gasteiger partial charge in [0.2, 0.25) is 0 Å². The number of hydrogen-bond donors (Lipinski definition) is 1. The number of fused-ring (bicyclic) bond motifs is 1. The molecule has 2 aromatic carbocycles. The van der Waals surface area contributed by atoms with Gasteiger partial charge in [-0.25, -0.2) is 10.3 Å². The predicted molar refractivity (Wildman–Crippen MR) is 82.9 cm³/mol. The summed E-state index contributed by atoms with van der Waals surface area (Å²) in [4.78, 5) is 16.0. The fraction of sp³-hybridized carbons (Fsp3) is 0.125. The molecule has 9 heteroatoms. The van der Waals surface area contributed by atoms with Crippen molar-refractivity contribution in [2.24, 2.45) is 0 Å². The Labute approximate surface area is 138 Å². The summed E-state index contributed by atoms with van der Waals surface area (Å²) in [7, 11) is 0. The lowest BCUT2D eigenvalue weighted by molar-refractivity contribution is -0.137. The number of rotatable bonds is 3. The second kappa shape index (κ2) is 6.17. The zero-order chi connectivity index (χ0) is 18.2. The van der Waals surface area contributed by atoms with E-state index < -0.39 is 17.4 Å². The zero-order valence-electron chi connectivity index (χ0n) is 12.8. The maximum atomic E-state index is 13.1. The van der Waals surface area contributed by atoms with Crippen LogP contribution in [0.4, 0.5) is 23.5 Å². The Bertz CT molecular complexity index is 999. The number of aromatic nitrogens is 2. The van der Waals surface area contributed by atoms with Gasteiger partial charge in [-0.05, 0) is 41.3 Å². The highest BCUT2D eigenvalue weighted by atomic mass is 19.4. The fourth-order valence-corrected chi connectivity index (χ4v) is 2.56. The first-order valence-corrected chi connectivity index (χ1v) is 7.06. The Balaban J connectivity index is 2.43. The van der Waals surface area contributed by atoms with E-state index in [-0.39, 0.29) is 16.7 Å². The molecular formula is C16H11F4N3O2. The van der Waals surface area contributed by atoms with Gasteiger partial charge in [0.05, 0.1) is 16.8 Å². The average Bonchev–Trinajstić information content (AvgIpc) is 2.55. The molecule has 25 heavy (non-hydrogen) atoms. The van der Waals surface area contributed by atoms with Gasteiger partial charge in [-0.3, -0.25) is 4.57 Å². The van der Waals surface area contributed by atoms with Crippen LogP contribution in [0.15, 0.2) is 47.3 Å². The van der Waals surface area contributed by atoms with Gasteiger partial charge >= 0.3 is 11.9 Å². The largest absolute Gasteiger partial charge is 0.416 e. The average molecular weight is 353 g/mol. The van der Waals surface area contributed by atoms with Gasteiger partial charge in [-0.1, -0.05) is 23.2 Å². The number of nitrogens with zero attached hydrogens (tertiary/aromatic N) is 2. The summed E-state index contributed by atoms with van der Waals surface area (Å²) in [6.45, 7) is 1.71. The number of nitrogens with one attached hydrogen (secondary N) is 1. The standard InChI is InChI=1S/C16H11F4N3O2/c1-9-4-2-3-5-12(9)23-13-8-10(16(17,18)19)6-7-11(13)14(22-25-20)21-15(23)24/h2-8H,1H3,(H,21,22,24). The van der Waals surface area contributed by atoms with E-state index in [1.165, 1.54) is 0 Å². The van der Waals surface area contributed by atoms with E-state index >= 15 is 0 Å². The van der Waals surface area contributed by atoms with Crippen LogP contribution in [0.25, 0.3) is 16.6 Å². The van der Waals surface area contributed by atoms with Crippen molar-refractivity contribution < 1.29 is 22.7 Å². The number of hydrogen-bond acceptors (Lipinski definition) is 4. The van der Waals surface area contributed by atoms with E-state index in [1.54, 1.807) is 36.7 Å². The summed E-state index contributed by atoms with van der Waals surface area (Å²) in [5, 5.41) is 3.37. The van der Waals surface area contributed by atoms with E-state index in [2.05, 4.69) is 10.0 Å². The highest BCUT2D eigenvalue weighted by molar-refractivity contribution is 5.90. The molecule has 0 aliphatic heterocycles.